The second-order valence-corrected chi connectivity index (χ2v) is 10.8. The fourth-order valence-electron chi connectivity index (χ4n) is 4.57. The third kappa shape index (κ3) is 5.43. The summed E-state index contributed by atoms with van der Waals surface area (Å²) in [4.78, 5) is 32.0. The Bertz CT molecular complexity index is 1830. The molecule has 10 heteroatoms. The van der Waals surface area contributed by atoms with Crippen LogP contribution in [-0.2, 0) is 16.1 Å². The van der Waals surface area contributed by atoms with Crippen molar-refractivity contribution in [3.63, 3.8) is 0 Å². The van der Waals surface area contributed by atoms with Gasteiger partial charge < -0.3 is 14.2 Å². The van der Waals surface area contributed by atoms with Gasteiger partial charge in [-0.25, -0.2) is 9.79 Å². The molecule has 1 aromatic heterocycles. The number of halogens is 2. The number of para-hydroxylation sites is 1. The van der Waals surface area contributed by atoms with Crippen molar-refractivity contribution in [1.82, 2.24) is 4.57 Å². The lowest BCUT2D eigenvalue weighted by molar-refractivity contribution is -0.136. The summed E-state index contributed by atoms with van der Waals surface area (Å²) in [5, 5.41) is 1.06. The summed E-state index contributed by atoms with van der Waals surface area (Å²) in [7, 11) is 2.81. The Morgan fingerprint density at radius 1 is 1.02 bits per heavy atom. The standard InChI is InChI=1S/C30H24Cl2N2O5S/c1-17-26(29(36)38-3)27(22-15-21(32)11-12-24(22)37-2)34-28(35)25(40-30(34)33-17)14-19-8-4-5-10-23(19)39-16-18-7-6-9-20(31)13-18/h4-15,27H,16H2,1-3H3/b25-14-/t27-/m0/s1. The van der Waals surface area contributed by atoms with E-state index >= 15 is 0 Å². The van der Waals surface area contributed by atoms with Gasteiger partial charge in [-0.2, -0.15) is 0 Å². The number of methoxy groups -OCH3 is 2. The van der Waals surface area contributed by atoms with E-state index in [-0.39, 0.29) is 11.1 Å². The minimum absolute atomic E-state index is 0.229. The first-order chi connectivity index (χ1) is 19.3. The Hall–Kier alpha value is -3.85. The number of allylic oxidation sites excluding steroid dienone is 1. The van der Waals surface area contributed by atoms with Gasteiger partial charge in [0.05, 0.1) is 30.0 Å². The van der Waals surface area contributed by atoms with Crippen LogP contribution in [0.4, 0.5) is 0 Å². The van der Waals surface area contributed by atoms with Gasteiger partial charge in [-0.1, -0.05) is 64.9 Å². The summed E-state index contributed by atoms with van der Waals surface area (Å²) in [5.41, 5.74) is 2.53. The van der Waals surface area contributed by atoms with Crippen molar-refractivity contribution >= 4 is 46.6 Å². The lowest BCUT2D eigenvalue weighted by Crippen LogP contribution is -2.40. The molecule has 0 aliphatic carbocycles. The van der Waals surface area contributed by atoms with Gasteiger partial charge in [0.2, 0.25) is 0 Å². The number of fused-ring (bicyclic) bond motifs is 1. The molecule has 0 bridgehead atoms. The van der Waals surface area contributed by atoms with Crippen LogP contribution in [0.15, 0.2) is 87.8 Å². The fourth-order valence-corrected chi connectivity index (χ4v) is 6.00. The van der Waals surface area contributed by atoms with Crippen LogP contribution >= 0.6 is 34.5 Å². The highest BCUT2D eigenvalue weighted by Crippen LogP contribution is 2.37. The van der Waals surface area contributed by atoms with Gasteiger partial charge in [0.15, 0.2) is 4.80 Å². The maximum Gasteiger partial charge on any atom is 0.338 e. The zero-order chi connectivity index (χ0) is 28.4. The molecule has 5 rings (SSSR count). The molecule has 40 heavy (non-hydrogen) atoms. The summed E-state index contributed by atoms with van der Waals surface area (Å²) in [6, 6.07) is 19.1. The van der Waals surface area contributed by atoms with E-state index in [4.69, 9.17) is 37.4 Å². The average Bonchev–Trinajstić information content (AvgIpc) is 3.25. The number of carbonyl (C=O) groups excluding carboxylic acids is 1. The van der Waals surface area contributed by atoms with Crippen molar-refractivity contribution in [2.75, 3.05) is 14.2 Å². The smallest absolute Gasteiger partial charge is 0.338 e. The SMILES string of the molecule is COC(=O)C1=C(C)N=c2s/c(=C\c3ccccc3OCc3cccc(Cl)c3)c(=O)n2[C@H]1c1cc(Cl)ccc1OC. The van der Waals surface area contributed by atoms with Gasteiger partial charge >= 0.3 is 5.97 Å². The molecule has 1 atom stereocenters. The first kappa shape index (κ1) is 27.7. The van der Waals surface area contributed by atoms with E-state index in [1.165, 1.54) is 30.1 Å². The summed E-state index contributed by atoms with van der Waals surface area (Å²) >= 11 is 13.7. The van der Waals surface area contributed by atoms with Gasteiger partial charge in [-0.15, -0.1) is 0 Å². The van der Waals surface area contributed by atoms with Gasteiger partial charge in [-0.3, -0.25) is 9.36 Å². The molecule has 0 amide bonds. The average molecular weight is 596 g/mol. The minimum Gasteiger partial charge on any atom is -0.496 e. The number of rotatable bonds is 7. The second kappa shape index (κ2) is 11.7. The summed E-state index contributed by atoms with van der Waals surface area (Å²) < 4.78 is 18.7. The predicted octanol–water partition coefficient (Wildman–Crippen LogP) is 5.30. The molecule has 2 heterocycles. The van der Waals surface area contributed by atoms with Crippen LogP contribution in [0.3, 0.4) is 0 Å². The maximum atomic E-state index is 14.0. The fraction of sp³-hybridized carbons (Fsp3) is 0.167. The van der Waals surface area contributed by atoms with E-state index in [9.17, 15) is 9.59 Å². The summed E-state index contributed by atoms with van der Waals surface area (Å²) in [5.74, 6) is 0.481. The van der Waals surface area contributed by atoms with E-state index in [2.05, 4.69) is 4.99 Å². The van der Waals surface area contributed by atoms with Crippen LogP contribution < -0.4 is 24.4 Å². The topological polar surface area (TPSA) is 79.1 Å². The monoisotopic (exact) mass is 594 g/mol. The highest BCUT2D eigenvalue weighted by Gasteiger charge is 2.35. The Morgan fingerprint density at radius 3 is 2.55 bits per heavy atom. The van der Waals surface area contributed by atoms with Gasteiger partial charge in [0.1, 0.15) is 24.1 Å². The largest absolute Gasteiger partial charge is 0.496 e. The van der Waals surface area contributed by atoms with E-state index in [1.807, 2.05) is 42.5 Å². The number of nitrogens with zero attached hydrogens (tertiary/aromatic N) is 2. The van der Waals surface area contributed by atoms with Gasteiger partial charge in [-0.05, 0) is 55.0 Å². The van der Waals surface area contributed by atoms with Crippen LogP contribution in [-0.4, -0.2) is 24.8 Å². The molecule has 0 fully saturated rings. The number of benzene rings is 3. The van der Waals surface area contributed by atoms with E-state index < -0.39 is 12.0 Å². The van der Waals surface area contributed by atoms with Crippen molar-refractivity contribution < 1.29 is 19.0 Å². The van der Waals surface area contributed by atoms with Crippen LogP contribution in [0.2, 0.25) is 10.0 Å². The van der Waals surface area contributed by atoms with Gasteiger partial charge in [0, 0.05) is 21.2 Å². The number of carbonyl (C=O) groups is 1. The quantitative estimate of drug-likeness (QED) is 0.271. The molecule has 204 valence electrons. The van der Waals surface area contributed by atoms with E-state index in [0.29, 0.717) is 48.7 Å². The Labute approximate surface area is 244 Å². The number of esters is 1. The van der Waals surface area contributed by atoms with Crippen molar-refractivity contribution in [2.45, 2.75) is 19.6 Å². The van der Waals surface area contributed by atoms with Crippen molar-refractivity contribution in [3.05, 3.63) is 124 Å². The molecule has 0 unspecified atom stereocenters. The predicted molar refractivity (Wildman–Crippen MR) is 156 cm³/mol. The molecule has 7 nitrogen and oxygen atoms in total. The molecule has 0 N–H and O–H groups in total. The zero-order valence-electron chi connectivity index (χ0n) is 21.8. The highest BCUT2D eigenvalue weighted by atomic mass is 35.5. The van der Waals surface area contributed by atoms with Crippen molar-refractivity contribution in [3.8, 4) is 11.5 Å². The Balaban J connectivity index is 1.64. The molecule has 3 aromatic carbocycles. The van der Waals surface area contributed by atoms with Gasteiger partial charge in [0.25, 0.3) is 5.56 Å². The first-order valence-corrected chi connectivity index (χ1v) is 13.8. The molecule has 0 spiro atoms. The van der Waals surface area contributed by atoms with Crippen LogP contribution in [0.1, 0.15) is 29.7 Å². The van der Waals surface area contributed by atoms with E-state index in [1.54, 1.807) is 37.3 Å². The van der Waals surface area contributed by atoms with Crippen molar-refractivity contribution in [2.24, 2.45) is 4.99 Å². The Morgan fingerprint density at radius 2 is 1.80 bits per heavy atom. The van der Waals surface area contributed by atoms with Crippen LogP contribution in [0.25, 0.3) is 6.08 Å². The number of aromatic nitrogens is 1. The molecule has 0 radical (unpaired) electrons. The number of ether oxygens (including phenoxy) is 3. The first-order valence-electron chi connectivity index (χ1n) is 12.2. The molecule has 0 saturated heterocycles. The normalized spacial score (nSPS) is 14.9. The molecule has 4 aromatic rings. The maximum absolute atomic E-state index is 14.0. The highest BCUT2D eigenvalue weighted by molar-refractivity contribution is 7.07. The number of hydrogen-bond donors (Lipinski definition) is 0. The molecule has 0 saturated carbocycles. The third-order valence-corrected chi connectivity index (χ3v) is 7.86. The molecule has 1 aliphatic heterocycles. The summed E-state index contributed by atoms with van der Waals surface area (Å²) in [6.07, 6.45) is 1.76. The van der Waals surface area contributed by atoms with E-state index in [0.717, 1.165) is 11.1 Å². The molecular formula is C30H24Cl2N2O5S. The minimum atomic E-state index is -0.853. The number of hydrogen-bond acceptors (Lipinski definition) is 7. The molecular weight excluding hydrogens is 571 g/mol. The Kier molecular flexibility index (Phi) is 8.12. The third-order valence-electron chi connectivity index (χ3n) is 6.40. The summed E-state index contributed by atoms with van der Waals surface area (Å²) in [6.45, 7) is 2.02. The van der Waals surface area contributed by atoms with Crippen molar-refractivity contribution in [1.29, 1.82) is 0 Å². The second-order valence-electron chi connectivity index (χ2n) is 8.92. The van der Waals surface area contributed by atoms with Crippen LogP contribution in [0.5, 0.6) is 11.5 Å². The zero-order valence-corrected chi connectivity index (χ0v) is 24.1. The molecule has 1 aliphatic rings. The lowest BCUT2D eigenvalue weighted by atomic mass is 9.95. The number of thiazole rings is 1. The lowest BCUT2D eigenvalue weighted by Gasteiger charge is -2.25. The van der Waals surface area contributed by atoms with Crippen LogP contribution in [0, 0.1) is 0 Å².